The van der Waals surface area contributed by atoms with Gasteiger partial charge in [-0.05, 0) is 188 Å². The molecule has 2 aromatic carbocycles. The van der Waals surface area contributed by atoms with E-state index in [1.54, 1.807) is 144 Å². The number of aliphatic hydroxyl groups is 2. The minimum atomic E-state index is -1.79. The lowest BCUT2D eigenvalue weighted by atomic mass is 9.95. The van der Waals surface area contributed by atoms with Crippen molar-refractivity contribution in [2.45, 2.75) is 341 Å². The predicted octanol–water partition coefficient (Wildman–Crippen LogP) is -2.51. The van der Waals surface area contributed by atoms with Crippen molar-refractivity contribution in [3.8, 4) is 0 Å². The lowest BCUT2D eigenvalue weighted by molar-refractivity contribution is -0.142. The molecule has 0 fully saturated rings. The third-order valence-electron chi connectivity index (χ3n) is 24.1. The second kappa shape index (κ2) is 68.9. The van der Waals surface area contributed by atoms with Crippen LogP contribution >= 0.6 is 0 Å². The van der Waals surface area contributed by atoms with Gasteiger partial charge >= 0.3 is 5.97 Å². The molecule has 0 aliphatic heterocycles. The fourth-order valence-electron chi connectivity index (χ4n) is 15.4. The second-order valence-corrected chi connectivity index (χ2v) is 39.0. The molecule has 0 aromatic heterocycles. The van der Waals surface area contributed by atoms with Gasteiger partial charge in [0.2, 0.25) is 94.5 Å². The molecule has 0 bridgehead atoms. The van der Waals surface area contributed by atoms with Crippen molar-refractivity contribution in [2.24, 2.45) is 75.8 Å². The van der Waals surface area contributed by atoms with Gasteiger partial charge in [0.1, 0.15) is 96.7 Å². The molecule has 812 valence electrons. The average Bonchev–Trinajstić information content (AvgIpc) is 0.846. The second-order valence-electron chi connectivity index (χ2n) is 39.0. The summed E-state index contributed by atoms with van der Waals surface area (Å²) in [7, 11) is 0. The van der Waals surface area contributed by atoms with Crippen LogP contribution in [-0.4, -0.2) is 276 Å². The summed E-state index contributed by atoms with van der Waals surface area (Å²) in [4.78, 5) is 243. The SMILES string of the molecule is CC[C@H](C)[C@H](NC(=O)[C@H](CC(C)C)NC(=O)[C@H](CO)NC(=O)[C@H](CCCCN)NC(=O)[C@@H](NC(=O)[C@H](CC(C)C)NC(=O)[C@H](CCCNC(=N)N)NC(=O)[C@H](Cc1ccccc1)NC(=O)[C@@H](N)CC(C)C)[C@@H](C)CC)C(=O)N[C@@H](CCCCN)C(=O)N[C@@H](CCCNC(=N)N)C(=O)N[C@@H](CC(C)C)C(=O)N[C@H](C(=O)N[C@@H](CO)C(=O)N[C@@H](C)C(=O)N[C@@H](Cc1ccccc1)C(=O)N[C@@H](CCCCN)C(=O)O)C(C)C. The molecule has 0 unspecified atom stereocenters. The van der Waals surface area contributed by atoms with Crippen LogP contribution in [0.1, 0.15) is 237 Å². The van der Waals surface area contributed by atoms with Crippen LogP contribution in [0.3, 0.4) is 0 Å². The molecular weight excluding hydrogens is 1860 g/mol. The highest BCUT2D eigenvalue weighted by Gasteiger charge is 2.42. The van der Waals surface area contributed by atoms with Crippen molar-refractivity contribution in [1.29, 1.82) is 10.8 Å². The molecule has 46 nitrogen and oxygen atoms in total. The van der Waals surface area contributed by atoms with Crippen molar-refractivity contribution in [2.75, 3.05) is 45.9 Å². The van der Waals surface area contributed by atoms with E-state index in [0.29, 0.717) is 56.2 Å². The molecule has 0 aliphatic rings. The maximum Gasteiger partial charge on any atom is 0.326 e. The monoisotopic (exact) mass is 2030 g/mol. The van der Waals surface area contributed by atoms with E-state index in [9.17, 15) is 96.8 Å². The average molecular weight is 2030 g/mol. The molecule has 2 aromatic rings. The molecule has 0 heterocycles. The van der Waals surface area contributed by atoms with Crippen LogP contribution in [0, 0.1) is 52.2 Å². The van der Waals surface area contributed by atoms with E-state index in [0.717, 1.165) is 0 Å². The highest BCUT2D eigenvalue weighted by molar-refractivity contribution is 6.01. The lowest BCUT2D eigenvalue weighted by Gasteiger charge is -2.31. The predicted molar refractivity (Wildman–Crippen MR) is 545 cm³/mol. The minimum absolute atomic E-state index is 0.0128. The minimum Gasteiger partial charge on any atom is -0.480 e. The third-order valence-corrected chi connectivity index (χ3v) is 24.1. The lowest BCUT2D eigenvalue weighted by Crippen LogP contribution is -2.62. The van der Waals surface area contributed by atoms with Crippen LogP contribution in [0.25, 0.3) is 0 Å². The zero-order valence-corrected chi connectivity index (χ0v) is 86.7. The maximum atomic E-state index is 15.0. The Balaban J connectivity index is 2.53. The van der Waals surface area contributed by atoms with Crippen molar-refractivity contribution in [3.05, 3.63) is 71.8 Å². The van der Waals surface area contributed by atoms with Gasteiger partial charge in [-0.3, -0.25) is 87.5 Å². The number of guanidine groups is 2. The number of carboxylic acid groups (broad SMARTS) is 1. The van der Waals surface area contributed by atoms with E-state index < -0.39 is 240 Å². The summed E-state index contributed by atoms with van der Waals surface area (Å²) in [6, 6.07) is -6.67. The third kappa shape index (κ3) is 49.3. The van der Waals surface area contributed by atoms with Crippen LogP contribution in [0.5, 0.6) is 0 Å². The number of hydrogen-bond acceptors (Lipinski definition) is 25. The number of rotatable bonds is 72. The van der Waals surface area contributed by atoms with Crippen molar-refractivity contribution in [3.63, 3.8) is 0 Å². The van der Waals surface area contributed by atoms with E-state index in [1.807, 2.05) is 13.8 Å². The van der Waals surface area contributed by atoms with Gasteiger partial charge < -0.3 is 145 Å². The molecule has 35 N–H and O–H groups in total. The molecule has 0 spiro atoms. The zero-order valence-electron chi connectivity index (χ0n) is 86.7. The molecule has 0 radical (unpaired) electrons. The Hall–Kier alpha value is -12.3. The summed E-state index contributed by atoms with van der Waals surface area (Å²) in [6.45, 7) is 24.2. The van der Waals surface area contributed by atoms with E-state index in [2.05, 4.69) is 95.7 Å². The number of aliphatic hydroxyl groups excluding tert-OH is 2. The van der Waals surface area contributed by atoms with Gasteiger partial charge in [-0.1, -0.05) is 170 Å². The summed E-state index contributed by atoms with van der Waals surface area (Å²) in [5.74, 6) is -19.1. The first-order valence-electron chi connectivity index (χ1n) is 50.4. The molecule has 0 saturated carbocycles. The molecule has 2 rings (SSSR count). The normalized spacial score (nSPS) is 15.3. The van der Waals surface area contributed by atoms with Gasteiger partial charge in [-0.2, -0.15) is 0 Å². The molecule has 19 atom stereocenters. The van der Waals surface area contributed by atoms with Gasteiger partial charge in [0.05, 0.1) is 19.3 Å². The van der Waals surface area contributed by atoms with E-state index in [1.165, 1.54) is 6.92 Å². The molecular formula is C98H170N26O20. The van der Waals surface area contributed by atoms with E-state index >= 15 is 0 Å². The first-order valence-corrected chi connectivity index (χ1v) is 50.4. The summed E-state index contributed by atoms with van der Waals surface area (Å²) >= 11 is 0. The van der Waals surface area contributed by atoms with Crippen molar-refractivity contribution >= 4 is 112 Å². The summed E-state index contributed by atoms with van der Waals surface area (Å²) < 4.78 is 0. The Labute approximate surface area is 846 Å². The number of carbonyl (C=O) groups is 17. The van der Waals surface area contributed by atoms with Crippen molar-refractivity contribution < 1.29 is 96.8 Å². The van der Waals surface area contributed by atoms with Gasteiger partial charge in [0, 0.05) is 25.9 Å². The van der Waals surface area contributed by atoms with Crippen LogP contribution in [0.2, 0.25) is 0 Å². The zero-order chi connectivity index (χ0) is 109. The van der Waals surface area contributed by atoms with Crippen LogP contribution in [0.4, 0.5) is 0 Å². The largest absolute Gasteiger partial charge is 0.480 e. The van der Waals surface area contributed by atoms with Gasteiger partial charge in [0.15, 0.2) is 11.9 Å². The number of benzene rings is 2. The number of nitrogens with two attached hydrogens (primary N) is 6. The Morgan fingerprint density at radius 3 is 0.868 bits per heavy atom. The van der Waals surface area contributed by atoms with E-state index in [-0.39, 0.29) is 152 Å². The highest BCUT2D eigenvalue weighted by Crippen LogP contribution is 2.20. The maximum absolute atomic E-state index is 15.0. The number of unbranched alkanes of at least 4 members (excludes halogenated alkanes) is 3. The van der Waals surface area contributed by atoms with Gasteiger partial charge in [0.25, 0.3) is 0 Å². The van der Waals surface area contributed by atoms with Crippen molar-refractivity contribution in [1.82, 2.24) is 95.7 Å². The fraction of sp³-hybridized carbons (Fsp3) is 0.684. The number of aliphatic carboxylic acids is 1. The first-order chi connectivity index (χ1) is 68.0. The fourth-order valence-corrected chi connectivity index (χ4v) is 15.4. The molecule has 0 saturated heterocycles. The molecule has 16 amide bonds. The first kappa shape index (κ1) is 128. The standard InChI is InChI=1S/C98H170N26O20/c1-16-59(13)78(94(141)112-65(36-24-27-41-99)82(129)110-67(39-30-44-107-97(103)104)83(130)117-70(47-55(5)6)88(135)122-77(58(11)12)93(140)121-75(52-125)91(138)109-61(15)80(127)115-73(50-62-32-20-18-21-33-62)87(134)114-69(96(143)144)38-26-29-43-101)124-90(137)72(49-57(9)10)119-92(139)76(53-126)120-85(132)66(37-25-28-42-100)113-95(142)79(60(14)17-2)123-89(136)71(48-56(7)8)118-84(131)68(40-31-45-108-98(105)106)111-86(133)74(51-63-34-22-19-23-35-63)116-81(128)64(102)46-54(3)4/h18-23,32-35,54-61,64-79,125-126H,16-17,24-31,36-53,99-102H2,1-15H3,(H,109,138)(H,110,129)(H,111,133)(H,112,141)(H,113,142)(H,114,134)(H,115,127)(H,116,128)(H,117,130)(H,118,131)(H,119,139)(H,120,132)(H,121,140)(H,122,135)(H,123,136)(H,124,137)(H,143,144)(H4,103,104,107)(H4,105,106,108)/t59-,60-,61-,64-,65-,66-,67-,68-,69-,70-,71-,72-,73-,74-,75-,76-,77-,78-,79-/m0/s1. The Kier molecular flexibility index (Phi) is 61.1. The summed E-state index contributed by atoms with van der Waals surface area (Å²) in [5.41, 5.74) is 36.1. The van der Waals surface area contributed by atoms with E-state index in [4.69, 9.17) is 45.2 Å². The number of nitrogens with one attached hydrogen (secondary N) is 20. The number of carbonyl (C=O) groups excluding carboxylic acids is 16. The molecule has 46 heteroatoms. The van der Waals surface area contributed by atoms with Crippen LogP contribution in [-0.2, 0) is 94.3 Å². The number of amides is 16. The van der Waals surface area contributed by atoms with Gasteiger partial charge in [-0.15, -0.1) is 0 Å². The van der Waals surface area contributed by atoms with Crippen LogP contribution in [0.15, 0.2) is 60.7 Å². The Bertz CT molecular complexity index is 4380. The van der Waals surface area contributed by atoms with Crippen LogP contribution < -0.4 is 130 Å². The number of carboxylic acids is 1. The highest BCUT2D eigenvalue weighted by atomic mass is 16.4. The molecule has 0 aliphatic carbocycles. The summed E-state index contributed by atoms with van der Waals surface area (Å²) in [6.07, 6.45) is 2.68. The van der Waals surface area contributed by atoms with Gasteiger partial charge in [-0.25, -0.2) is 4.79 Å². The Morgan fingerprint density at radius 1 is 0.299 bits per heavy atom. The summed E-state index contributed by atoms with van der Waals surface area (Å²) in [5, 5.41) is 94.5. The molecule has 144 heavy (non-hydrogen) atoms. The quantitative estimate of drug-likeness (QED) is 0.0185. The Morgan fingerprint density at radius 2 is 0.556 bits per heavy atom. The smallest absolute Gasteiger partial charge is 0.326 e. The number of hydrogen-bond donors (Lipinski definition) is 29. The topological polar surface area (TPSA) is 771 Å².